The predicted molar refractivity (Wildman–Crippen MR) is 65.2 cm³/mol. The first kappa shape index (κ1) is 12.6. The Bertz CT molecular complexity index is 380. The lowest BCUT2D eigenvalue weighted by atomic mass is 10.0. The smallest absolute Gasteiger partial charge is 0.159 e. The molecule has 94 valence electrons. The third kappa shape index (κ3) is 3.10. The van der Waals surface area contributed by atoms with Crippen molar-refractivity contribution >= 4 is 11.6 Å². The topological polar surface area (TPSA) is 53.7 Å². The Balaban J connectivity index is 2.04. The first-order valence-corrected chi connectivity index (χ1v) is 5.90. The van der Waals surface area contributed by atoms with Crippen LogP contribution in [-0.2, 0) is 9.47 Å². The highest BCUT2D eigenvalue weighted by molar-refractivity contribution is 6.32. The van der Waals surface area contributed by atoms with Gasteiger partial charge < -0.3 is 19.9 Å². The molecule has 1 aliphatic rings. The monoisotopic (exact) mass is 257 g/mol. The van der Waals surface area contributed by atoms with E-state index in [9.17, 15) is 0 Å². The number of halogens is 1. The second-order valence-corrected chi connectivity index (χ2v) is 4.31. The number of methoxy groups -OCH3 is 1. The molecule has 0 bridgehead atoms. The minimum Gasteiger partial charge on any atom is -0.495 e. The Kier molecular flexibility index (Phi) is 4.23. The standard InChI is InChI=1S/C12H16ClNO3/c1-15-11-6-8(2-3-9(11)13)10(14)7-12-16-4-5-17-12/h2-3,6,10,12H,4-5,7,14H2,1H3. The summed E-state index contributed by atoms with van der Waals surface area (Å²) in [4.78, 5) is 0. The average molecular weight is 258 g/mol. The lowest BCUT2D eigenvalue weighted by Gasteiger charge is -2.17. The zero-order valence-corrected chi connectivity index (χ0v) is 10.4. The number of benzene rings is 1. The molecular formula is C12H16ClNO3. The van der Waals surface area contributed by atoms with Crippen LogP contribution in [0.25, 0.3) is 0 Å². The number of hydrogen-bond donors (Lipinski definition) is 1. The van der Waals surface area contributed by atoms with E-state index in [1.165, 1.54) is 0 Å². The molecule has 1 aromatic rings. The van der Waals surface area contributed by atoms with Crippen molar-refractivity contribution in [3.05, 3.63) is 28.8 Å². The summed E-state index contributed by atoms with van der Waals surface area (Å²) in [6.07, 6.45) is 0.428. The molecule has 0 aliphatic carbocycles. The van der Waals surface area contributed by atoms with Gasteiger partial charge in [0, 0.05) is 12.5 Å². The van der Waals surface area contributed by atoms with Crippen LogP contribution in [0, 0.1) is 0 Å². The van der Waals surface area contributed by atoms with E-state index in [0.29, 0.717) is 30.4 Å². The van der Waals surface area contributed by atoms with Crippen LogP contribution in [0.2, 0.25) is 5.02 Å². The maximum absolute atomic E-state index is 6.09. The zero-order valence-electron chi connectivity index (χ0n) is 9.69. The Morgan fingerprint density at radius 1 is 1.47 bits per heavy atom. The van der Waals surface area contributed by atoms with Gasteiger partial charge in [0.05, 0.1) is 25.3 Å². The SMILES string of the molecule is COc1cc(C(N)CC2OCCO2)ccc1Cl. The minimum absolute atomic E-state index is 0.149. The molecule has 0 amide bonds. The number of hydrogen-bond acceptors (Lipinski definition) is 4. The second-order valence-electron chi connectivity index (χ2n) is 3.91. The molecule has 1 saturated heterocycles. The van der Waals surface area contributed by atoms with Gasteiger partial charge in [-0.2, -0.15) is 0 Å². The third-order valence-electron chi connectivity index (χ3n) is 2.74. The van der Waals surface area contributed by atoms with Crippen molar-refractivity contribution in [1.82, 2.24) is 0 Å². The van der Waals surface area contributed by atoms with Crippen molar-refractivity contribution in [1.29, 1.82) is 0 Å². The van der Waals surface area contributed by atoms with Crippen LogP contribution in [0.1, 0.15) is 18.0 Å². The van der Waals surface area contributed by atoms with Gasteiger partial charge >= 0.3 is 0 Å². The molecule has 17 heavy (non-hydrogen) atoms. The van der Waals surface area contributed by atoms with Crippen LogP contribution in [0.3, 0.4) is 0 Å². The van der Waals surface area contributed by atoms with E-state index in [2.05, 4.69) is 0 Å². The van der Waals surface area contributed by atoms with E-state index in [4.69, 9.17) is 31.5 Å². The summed E-state index contributed by atoms with van der Waals surface area (Å²) in [6, 6.07) is 5.38. The Morgan fingerprint density at radius 3 is 2.82 bits per heavy atom. The highest BCUT2D eigenvalue weighted by Crippen LogP contribution is 2.29. The van der Waals surface area contributed by atoms with Gasteiger partial charge in [-0.15, -0.1) is 0 Å². The Labute approximate surface area is 106 Å². The van der Waals surface area contributed by atoms with Crippen molar-refractivity contribution in [3.63, 3.8) is 0 Å². The molecule has 1 aliphatic heterocycles. The van der Waals surface area contributed by atoms with E-state index in [1.807, 2.05) is 12.1 Å². The third-order valence-corrected chi connectivity index (χ3v) is 3.05. The average Bonchev–Trinajstić information content (AvgIpc) is 2.82. The van der Waals surface area contributed by atoms with Crippen molar-refractivity contribution in [3.8, 4) is 5.75 Å². The van der Waals surface area contributed by atoms with Gasteiger partial charge in [-0.3, -0.25) is 0 Å². The van der Waals surface area contributed by atoms with Crippen LogP contribution in [0.4, 0.5) is 0 Å². The fraction of sp³-hybridized carbons (Fsp3) is 0.500. The number of ether oxygens (including phenoxy) is 3. The predicted octanol–water partition coefficient (Wildman–Crippen LogP) is 2.11. The van der Waals surface area contributed by atoms with Crippen molar-refractivity contribution < 1.29 is 14.2 Å². The Morgan fingerprint density at radius 2 is 2.18 bits per heavy atom. The molecule has 1 atom stereocenters. The van der Waals surface area contributed by atoms with Crippen LogP contribution >= 0.6 is 11.6 Å². The Hall–Kier alpha value is -0.810. The molecule has 4 nitrogen and oxygen atoms in total. The molecule has 2 N–H and O–H groups in total. The van der Waals surface area contributed by atoms with Crippen LogP contribution < -0.4 is 10.5 Å². The molecule has 0 spiro atoms. The maximum Gasteiger partial charge on any atom is 0.159 e. The fourth-order valence-electron chi connectivity index (χ4n) is 1.79. The molecule has 0 aromatic heterocycles. The summed E-state index contributed by atoms with van der Waals surface area (Å²) in [5.74, 6) is 0.632. The van der Waals surface area contributed by atoms with Crippen LogP contribution in [0.15, 0.2) is 18.2 Å². The van der Waals surface area contributed by atoms with Gasteiger partial charge in [-0.1, -0.05) is 17.7 Å². The molecular weight excluding hydrogens is 242 g/mol. The summed E-state index contributed by atoms with van der Waals surface area (Å²) in [5.41, 5.74) is 7.05. The zero-order chi connectivity index (χ0) is 12.3. The van der Waals surface area contributed by atoms with Gasteiger partial charge in [-0.25, -0.2) is 0 Å². The summed E-state index contributed by atoms with van der Waals surface area (Å²) in [5, 5.41) is 0.580. The highest BCUT2D eigenvalue weighted by Gasteiger charge is 2.20. The summed E-state index contributed by atoms with van der Waals surface area (Å²) in [6.45, 7) is 1.28. The fourth-order valence-corrected chi connectivity index (χ4v) is 1.99. The van der Waals surface area contributed by atoms with Gasteiger partial charge in [0.15, 0.2) is 6.29 Å². The molecule has 0 saturated carbocycles. The van der Waals surface area contributed by atoms with E-state index < -0.39 is 0 Å². The van der Waals surface area contributed by atoms with Crippen molar-refractivity contribution in [2.24, 2.45) is 5.73 Å². The number of rotatable bonds is 4. The van der Waals surface area contributed by atoms with Gasteiger partial charge in [-0.05, 0) is 17.7 Å². The summed E-state index contributed by atoms with van der Waals surface area (Å²) < 4.78 is 15.9. The minimum atomic E-state index is -0.202. The maximum atomic E-state index is 6.09. The van der Waals surface area contributed by atoms with Gasteiger partial charge in [0.1, 0.15) is 5.75 Å². The molecule has 1 unspecified atom stereocenters. The molecule has 0 radical (unpaired) electrons. The van der Waals surface area contributed by atoms with Crippen molar-refractivity contribution in [2.75, 3.05) is 20.3 Å². The molecule has 1 aromatic carbocycles. The van der Waals surface area contributed by atoms with E-state index in [1.54, 1.807) is 13.2 Å². The summed E-state index contributed by atoms with van der Waals surface area (Å²) in [7, 11) is 1.58. The normalized spacial score (nSPS) is 18.3. The molecule has 5 heteroatoms. The summed E-state index contributed by atoms with van der Waals surface area (Å²) >= 11 is 5.96. The largest absolute Gasteiger partial charge is 0.495 e. The molecule has 1 heterocycles. The van der Waals surface area contributed by atoms with Crippen molar-refractivity contribution in [2.45, 2.75) is 18.8 Å². The number of nitrogens with two attached hydrogens (primary N) is 1. The van der Waals surface area contributed by atoms with E-state index in [-0.39, 0.29) is 12.3 Å². The molecule has 2 rings (SSSR count). The van der Waals surface area contributed by atoms with Crippen LogP contribution in [-0.4, -0.2) is 26.6 Å². The van der Waals surface area contributed by atoms with Gasteiger partial charge in [0.2, 0.25) is 0 Å². The lowest BCUT2D eigenvalue weighted by Crippen LogP contribution is -2.19. The van der Waals surface area contributed by atoms with E-state index in [0.717, 1.165) is 5.56 Å². The van der Waals surface area contributed by atoms with Gasteiger partial charge in [0.25, 0.3) is 0 Å². The lowest BCUT2D eigenvalue weighted by molar-refractivity contribution is -0.0507. The van der Waals surface area contributed by atoms with Crippen LogP contribution in [0.5, 0.6) is 5.75 Å². The first-order valence-electron chi connectivity index (χ1n) is 5.53. The quantitative estimate of drug-likeness (QED) is 0.898. The highest BCUT2D eigenvalue weighted by atomic mass is 35.5. The second kappa shape index (κ2) is 5.69. The molecule has 1 fully saturated rings. The van der Waals surface area contributed by atoms with E-state index >= 15 is 0 Å². The first-order chi connectivity index (χ1) is 8.20.